The number of rotatable bonds is 9. The zero-order valence-corrected chi connectivity index (χ0v) is 19.5. The van der Waals surface area contributed by atoms with Crippen LogP contribution < -0.4 is 15.2 Å². The number of hydrogen-bond donors (Lipinski definition) is 1. The van der Waals surface area contributed by atoms with E-state index in [2.05, 4.69) is 9.97 Å². The number of nitrogens with two attached hydrogens (primary N) is 1. The molecule has 1 atom stereocenters. The second kappa shape index (κ2) is 9.91. The SMILES string of the molecule is COc1ccc(OC)c(Sc2nc3c(N)ncn(CCc4ccc(C(C)C=O)cc4)c-3n2)c1. The van der Waals surface area contributed by atoms with E-state index in [1.54, 1.807) is 20.5 Å². The molecule has 2 N–H and O–H groups in total. The molecule has 0 amide bonds. The molecule has 8 nitrogen and oxygen atoms in total. The van der Waals surface area contributed by atoms with Crippen molar-refractivity contribution < 1.29 is 14.3 Å². The van der Waals surface area contributed by atoms with Crippen molar-refractivity contribution in [1.29, 1.82) is 0 Å². The van der Waals surface area contributed by atoms with Crippen molar-refractivity contribution in [2.24, 2.45) is 0 Å². The minimum absolute atomic E-state index is 0.104. The smallest absolute Gasteiger partial charge is 0.195 e. The van der Waals surface area contributed by atoms with Gasteiger partial charge in [0.2, 0.25) is 0 Å². The fraction of sp³-hybridized carbons (Fsp3) is 0.250. The summed E-state index contributed by atoms with van der Waals surface area (Å²) < 4.78 is 12.7. The fourth-order valence-electron chi connectivity index (χ4n) is 3.42. The van der Waals surface area contributed by atoms with Gasteiger partial charge in [-0.1, -0.05) is 31.2 Å². The summed E-state index contributed by atoms with van der Waals surface area (Å²) in [7, 11) is 3.24. The van der Waals surface area contributed by atoms with Crippen molar-refractivity contribution in [3.05, 3.63) is 59.9 Å². The van der Waals surface area contributed by atoms with Crippen LogP contribution in [-0.4, -0.2) is 40.0 Å². The predicted molar refractivity (Wildman–Crippen MR) is 127 cm³/mol. The average molecular weight is 464 g/mol. The Morgan fingerprint density at radius 3 is 2.61 bits per heavy atom. The highest BCUT2D eigenvalue weighted by atomic mass is 32.2. The highest BCUT2D eigenvalue weighted by molar-refractivity contribution is 7.99. The number of nitrogens with zero attached hydrogens (tertiary/aromatic N) is 4. The lowest BCUT2D eigenvalue weighted by molar-refractivity contribution is -0.108. The van der Waals surface area contributed by atoms with Crippen LogP contribution in [0.5, 0.6) is 11.5 Å². The maximum Gasteiger partial charge on any atom is 0.195 e. The van der Waals surface area contributed by atoms with E-state index in [0.29, 0.717) is 34.8 Å². The summed E-state index contributed by atoms with van der Waals surface area (Å²) in [5.74, 6) is 2.34. The summed E-state index contributed by atoms with van der Waals surface area (Å²) in [4.78, 5) is 25.5. The standard InChI is InChI=1S/C24H25N5O3S/c1-15(13-30)17-6-4-16(5-7-17)10-11-29-14-26-22(25)21-23(29)28-24(27-21)33-20-12-18(31-2)8-9-19(20)32-3/h4-9,12-15H,10-11,25H2,1-3H3. The van der Waals surface area contributed by atoms with E-state index in [0.717, 1.165) is 34.5 Å². The first-order valence-electron chi connectivity index (χ1n) is 10.4. The molecule has 0 aliphatic carbocycles. The lowest BCUT2D eigenvalue weighted by Gasteiger charge is -2.11. The van der Waals surface area contributed by atoms with Gasteiger partial charge in [0, 0.05) is 12.5 Å². The first-order chi connectivity index (χ1) is 16.0. The monoisotopic (exact) mass is 463 g/mol. The van der Waals surface area contributed by atoms with Crippen molar-refractivity contribution in [3.63, 3.8) is 0 Å². The summed E-state index contributed by atoms with van der Waals surface area (Å²) in [5.41, 5.74) is 8.82. The third-order valence-electron chi connectivity index (χ3n) is 5.39. The summed E-state index contributed by atoms with van der Waals surface area (Å²) in [6, 6.07) is 13.7. The van der Waals surface area contributed by atoms with E-state index in [1.807, 2.05) is 54.0 Å². The second-order valence-corrected chi connectivity index (χ2v) is 8.55. The van der Waals surface area contributed by atoms with E-state index in [9.17, 15) is 4.79 Å². The van der Waals surface area contributed by atoms with Gasteiger partial charge in [0.25, 0.3) is 0 Å². The number of aromatic nitrogens is 4. The van der Waals surface area contributed by atoms with Crippen LogP contribution in [0.2, 0.25) is 0 Å². The Labute approximate surface area is 196 Å². The molecule has 2 aromatic rings. The predicted octanol–water partition coefficient (Wildman–Crippen LogP) is 4.07. The molecule has 1 unspecified atom stereocenters. The number of nitrogen functional groups attached to an aromatic ring is 1. The lowest BCUT2D eigenvalue weighted by atomic mass is 10.0. The van der Waals surface area contributed by atoms with Crippen LogP contribution in [0.25, 0.3) is 11.5 Å². The number of aldehydes is 1. The van der Waals surface area contributed by atoms with Crippen molar-refractivity contribution in [2.45, 2.75) is 35.9 Å². The van der Waals surface area contributed by atoms with Crippen LogP contribution in [0, 0.1) is 0 Å². The average Bonchev–Trinajstić information content (AvgIpc) is 3.28. The summed E-state index contributed by atoms with van der Waals surface area (Å²) in [6.07, 6.45) is 3.42. The summed E-state index contributed by atoms with van der Waals surface area (Å²) in [6.45, 7) is 2.55. The van der Waals surface area contributed by atoms with Gasteiger partial charge >= 0.3 is 0 Å². The molecule has 4 rings (SSSR count). The zero-order valence-electron chi connectivity index (χ0n) is 18.7. The molecule has 170 valence electrons. The van der Waals surface area contributed by atoms with Crippen LogP contribution in [-0.2, 0) is 17.8 Å². The van der Waals surface area contributed by atoms with Crippen molar-refractivity contribution in [3.8, 4) is 23.0 Å². The summed E-state index contributed by atoms with van der Waals surface area (Å²) in [5, 5.41) is 0.553. The Kier molecular flexibility index (Phi) is 6.79. The number of aryl methyl sites for hydroxylation is 2. The zero-order chi connectivity index (χ0) is 23.4. The molecule has 0 bridgehead atoms. The highest BCUT2D eigenvalue weighted by Gasteiger charge is 2.20. The van der Waals surface area contributed by atoms with Crippen LogP contribution in [0.4, 0.5) is 5.82 Å². The maximum atomic E-state index is 11.0. The number of carbonyl (C=O) groups excluding carboxylic acids is 1. The minimum Gasteiger partial charge on any atom is -0.497 e. The van der Waals surface area contributed by atoms with Gasteiger partial charge in [0.1, 0.15) is 17.8 Å². The molecule has 33 heavy (non-hydrogen) atoms. The molecule has 0 fully saturated rings. The van der Waals surface area contributed by atoms with Gasteiger partial charge in [-0.3, -0.25) is 0 Å². The molecule has 9 heteroatoms. The molecular weight excluding hydrogens is 438 g/mol. The number of methoxy groups -OCH3 is 2. The largest absolute Gasteiger partial charge is 0.497 e. The van der Waals surface area contributed by atoms with Crippen molar-refractivity contribution in [2.75, 3.05) is 20.0 Å². The van der Waals surface area contributed by atoms with E-state index < -0.39 is 0 Å². The molecular formula is C24H25N5O3S. The number of fused-ring (bicyclic) bond motifs is 1. The molecule has 0 radical (unpaired) electrons. The molecule has 2 aliphatic heterocycles. The molecule has 0 saturated heterocycles. The van der Waals surface area contributed by atoms with Gasteiger partial charge in [-0.05, 0) is 47.5 Å². The number of carbonyl (C=O) groups is 1. The third kappa shape index (κ3) is 4.93. The van der Waals surface area contributed by atoms with Gasteiger partial charge < -0.3 is 24.6 Å². The van der Waals surface area contributed by atoms with Crippen LogP contribution in [0.3, 0.4) is 0 Å². The van der Waals surface area contributed by atoms with Crippen molar-refractivity contribution in [1.82, 2.24) is 19.5 Å². The molecule has 0 aromatic heterocycles. The highest BCUT2D eigenvalue weighted by Crippen LogP contribution is 2.38. The first-order valence-corrected chi connectivity index (χ1v) is 11.3. The Hall–Kier alpha value is -3.59. The van der Waals surface area contributed by atoms with Gasteiger partial charge in [-0.25, -0.2) is 15.0 Å². The maximum absolute atomic E-state index is 11.0. The Morgan fingerprint density at radius 2 is 1.91 bits per heavy atom. The van der Waals surface area contributed by atoms with Crippen LogP contribution >= 0.6 is 11.8 Å². The molecule has 2 aliphatic rings. The molecule has 2 aromatic carbocycles. The fourth-order valence-corrected chi connectivity index (χ4v) is 4.31. The third-order valence-corrected chi connectivity index (χ3v) is 6.30. The van der Waals surface area contributed by atoms with E-state index in [4.69, 9.17) is 20.2 Å². The quantitative estimate of drug-likeness (QED) is 0.370. The Morgan fingerprint density at radius 1 is 1.12 bits per heavy atom. The second-order valence-electron chi connectivity index (χ2n) is 7.54. The Balaban J connectivity index is 1.56. The number of anilines is 1. The molecule has 0 saturated carbocycles. The lowest BCUT2D eigenvalue weighted by Crippen LogP contribution is -2.10. The van der Waals surface area contributed by atoms with Gasteiger partial charge in [0.15, 0.2) is 22.5 Å². The Bertz CT molecular complexity index is 1230. The number of hydrogen-bond acceptors (Lipinski definition) is 8. The molecule has 0 spiro atoms. The molecule has 2 heterocycles. The van der Waals surface area contributed by atoms with E-state index in [-0.39, 0.29) is 5.92 Å². The van der Waals surface area contributed by atoms with E-state index >= 15 is 0 Å². The number of imidazole rings is 1. The summed E-state index contributed by atoms with van der Waals surface area (Å²) >= 11 is 1.38. The first kappa shape index (κ1) is 22.6. The topological polar surface area (TPSA) is 105 Å². The van der Waals surface area contributed by atoms with Gasteiger partial charge in [-0.15, -0.1) is 0 Å². The number of ether oxygens (including phenoxy) is 2. The normalized spacial score (nSPS) is 12.0. The van der Waals surface area contributed by atoms with Gasteiger partial charge in [0.05, 0.1) is 25.4 Å². The number of benzene rings is 2. The van der Waals surface area contributed by atoms with Gasteiger partial charge in [-0.2, -0.15) is 0 Å². The minimum atomic E-state index is -0.104. The van der Waals surface area contributed by atoms with Crippen LogP contribution in [0.15, 0.2) is 58.8 Å². The van der Waals surface area contributed by atoms with Crippen molar-refractivity contribution >= 4 is 23.9 Å². The van der Waals surface area contributed by atoms with Crippen LogP contribution in [0.1, 0.15) is 24.0 Å². The van der Waals surface area contributed by atoms with E-state index in [1.165, 1.54) is 11.8 Å².